The molecule has 0 aliphatic carbocycles. The van der Waals surface area contributed by atoms with Gasteiger partial charge in [-0.2, -0.15) is 11.8 Å². The van der Waals surface area contributed by atoms with Gasteiger partial charge in [-0.15, -0.1) is 0 Å². The van der Waals surface area contributed by atoms with Crippen LogP contribution in [0.4, 0.5) is 0 Å². The van der Waals surface area contributed by atoms with Gasteiger partial charge in [-0.1, -0.05) is 12.1 Å². The maximum Gasteiger partial charge on any atom is 0.254 e. The molecule has 1 aromatic carbocycles. The average molecular weight is 264 g/mol. The summed E-state index contributed by atoms with van der Waals surface area (Å²) in [5.74, 6) is 1.15. The zero-order valence-electron chi connectivity index (χ0n) is 11.0. The van der Waals surface area contributed by atoms with Crippen molar-refractivity contribution in [3.05, 3.63) is 35.4 Å². The van der Waals surface area contributed by atoms with E-state index in [1.807, 2.05) is 17.0 Å². The fraction of sp³-hybridized carbons (Fsp3) is 0.500. The predicted molar refractivity (Wildman–Crippen MR) is 77.0 cm³/mol. The second kappa shape index (κ2) is 6.25. The topological polar surface area (TPSA) is 32.3 Å². The zero-order chi connectivity index (χ0) is 13.0. The van der Waals surface area contributed by atoms with Crippen LogP contribution in [0.2, 0.25) is 0 Å². The van der Waals surface area contributed by atoms with Crippen LogP contribution in [0.5, 0.6) is 0 Å². The summed E-state index contributed by atoms with van der Waals surface area (Å²) >= 11 is 1.79. The third-order valence-corrected chi connectivity index (χ3v) is 3.90. The molecule has 0 bridgehead atoms. The van der Waals surface area contributed by atoms with Crippen molar-refractivity contribution in [2.24, 2.45) is 0 Å². The first-order valence-corrected chi connectivity index (χ1v) is 7.71. The molecule has 0 radical (unpaired) electrons. The molecule has 1 saturated heterocycles. The lowest BCUT2D eigenvalue weighted by molar-refractivity contribution is 0.0656. The van der Waals surface area contributed by atoms with Crippen molar-refractivity contribution in [2.45, 2.75) is 18.7 Å². The molecule has 1 atom stereocenters. The van der Waals surface area contributed by atoms with Gasteiger partial charge in [0.15, 0.2) is 0 Å². The van der Waals surface area contributed by atoms with Crippen molar-refractivity contribution < 1.29 is 4.79 Å². The van der Waals surface area contributed by atoms with Crippen molar-refractivity contribution >= 4 is 17.7 Å². The largest absolute Gasteiger partial charge is 0.333 e. The number of nitrogens with one attached hydrogen (secondary N) is 1. The zero-order valence-corrected chi connectivity index (χ0v) is 11.8. The molecule has 98 valence electrons. The normalized spacial score (nSPS) is 19.9. The molecule has 0 unspecified atom stereocenters. The number of nitrogens with zero attached hydrogens (tertiary/aromatic N) is 1. The van der Waals surface area contributed by atoms with Gasteiger partial charge in [-0.3, -0.25) is 4.79 Å². The summed E-state index contributed by atoms with van der Waals surface area (Å²) in [4.78, 5) is 14.3. The molecule has 1 N–H and O–H groups in total. The fourth-order valence-corrected chi connectivity index (χ4v) is 2.74. The van der Waals surface area contributed by atoms with E-state index in [9.17, 15) is 4.79 Å². The molecule has 1 aromatic rings. The van der Waals surface area contributed by atoms with E-state index in [4.69, 9.17) is 0 Å². The highest BCUT2D eigenvalue weighted by molar-refractivity contribution is 7.97. The lowest BCUT2D eigenvalue weighted by Gasteiger charge is -2.34. The van der Waals surface area contributed by atoms with Gasteiger partial charge in [0, 0.05) is 37.0 Å². The first-order valence-electron chi connectivity index (χ1n) is 6.32. The first-order chi connectivity index (χ1) is 8.72. The van der Waals surface area contributed by atoms with Crippen LogP contribution in [0.25, 0.3) is 0 Å². The Hall–Kier alpha value is -1.00. The molecule has 2 rings (SSSR count). The summed E-state index contributed by atoms with van der Waals surface area (Å²) in [7, 11) is 0. The van der Waals surface area contributed by atoms with E-state index >= 15 is 0 Å². The van der Waals surface area contributed by atoms with E-state index in [1.165, 1.54) is 5.56 Å². The summed E-state index contributed by atoms with van der Waals surface area (Å²) in [5.41, 5.74) is 2.07. The molecular formula is C14H20N2OS. The smallest absolute Gasteiger partial charge is 0.254 e. The summed E-state index contributed by atoms with van der Waals surface area (Å²) < 4.78 is 0. The van der Waals surface area contributed by atoms with Gasteiger partial charge in [0.05, 0.1) is 0 Å². The molecule has 0 aromatic heterocycles. The van der Waals surface area contributed by atoms with Gasteiger partial charge in [-0.05, 0) is 30.9 Å². The summed E-state index contributed by atoms with van der Waals surface area (Å²) in [6.45, 7) is 4.66. The second-order valence-corrected chi connectivity index (χ2v) is 5.55. The van der Waals surface area contributed by atoms with Gasteiger partial charge < -0.3 is 10.2 Å². The van der Waals surface area contributed by atoms with Crippen molar-refractivity contribution in [1.82, 2.24) is 10.2 Å². The molecule has 1 amide bonds. The van der Waals surface area contributed by atoms with Gasteiger partial charge in [0.2, 0.25) is 0 Å². The number of hydrogen-bond donors (Lipinski definition) is 1. The number of hydrogen-bond acceptors (Lipinski definition) is 3. The summed E-state index contributed by atoms with van der Waals surface area (Å²) in [6.07, 6.45) is 2.08. The van der Waals surface area contributed by atoms with E-state index in [2.05, 4.69) is 30.6 Å². The van der Waals surface area contributed by atoms with Gasteiger partial charge >= 0.3 is 0 Å². The van der Waals surface area contributed by atoms with Crippen LogP contribution in [-0.4, -0.2) is 42.7 Å². The molecule has 18 heavy (non-hydrogen) atoms. The first kappa shape index (κ1) is 13.4. The van der Waals surface area contributed by atoms with Gasteiger partial charge in [0.25, 0.3) is 5.91 Å². The van der Waals surface area contributed by atoms with Crippen LogP contribution in [0, 0.1) is 0 Å². The molecule has 1 aliphatic heterocycles. The van der Waals surface area contributed by atoms with Gasteiger partial charge in [0.1, 0.15) is 0 Å². The van der Waals surface area contributed by atoms with Crippen LogP contribution >= 0.6 is 11.8 Å². The van der Waals surface area contributed by atoms with Crippen LogP contribution < -0.4 is 5.32 Å². The summed E-state index contributed by atoms with van der Waals surface area (Å²) in [6, 6.07) is 8.27. The van der Waals surface area contributed by atoms with Crippen LogP contribution in [0.15, 0.2) is 24.3 Å². The third kappa shape index (κ3) is 3.06. The van der Waals surface area contributed by atoms with Crippen LogP contribution in [0.1, 0.15) is 22.8 Å². The number of piperazine rings is 1. The summed E-state index contributed by atoms with van der Waals surface area (Å²) in [5, 5.41) is 3.30. The molecule has 1 heterocycles. The second-order valence-electron chi connectivity index (χ2n) is 4.68. The molecule has 1 fully saturated rings. The monoisotopic (exact) mass is 264 g/mol. The van der Waals surface area contributed by atoms with E-state index in [0.29, 0.717) is 0 Å². The Morgan fingerprint density at radius 2 is 2.17 bits per heavy atom. The quantitative estimate of drug-likeness (QED) is 0.906. The average Bonchev–Trinajstić information content (AvgIpc) is 2.40. The van der Waals surface area contributed by atoms with Crippen LogP contribution in [-0.2, 0) is 5.75 Å². The molecular weight excluding hydrogens is 244 g/mol. The Labute approximate surface area is 113 Å². The molecule has 3 nitrogen and oxygen atoms in total. The highest BCUT2D eigenvalue weighted by Crippen LogP contribution is 2.14. The highest BCUT2D eigenvalue weighted by Gasteiger charge is 2.23. The molecule has 1 aliphatic rings. The SMILES string of the molecule is CSCc1ccc(C(=O)N2CCNC[C@H]2C)cc1. The maximum absolute atomic E-state index is 12.4. The number of carbonyl (C=O) groups excluding carboxylic acids is 1. The minimum absolute atomic E-state index is 0.153. The van der Waals surface area contributed by atoms with Crippen molar-refractivity contribution in [2.75, 3.05) is 25.9 Å². The fourth-order valence-electron chi connectivity index (χ4n) is 2.22. The molecule has 0 spiro atoms. The molecule has 4 heteroatoms. The minimum Gasteiger partial charge on any atom is -0.333 e. The Kier molecular flexibility index (Phi) is 4.66. The Morgan fingerprint density at radius 3 is 2.78 bits per heavy atom. The highest BCUT2D eigenvalue weighted by atomic mass is 32.2. The number of amides is 1. The third-order valence-electron chi connectivity index (χ3n) is 3.27. The van der Waals surface area contributed by atoms with Crippen molar-refractivity contribution in [3.8, 4) is 0 Å². The minimum atomic E-state index is 0.153. The Balaban J connectivity index is 2.08. The van der Waals surface area contributed by atoms with Gasteiger partial charge in [-0.25, -0.2) is 0 Å². The van der Waals surface area contributed by atoms with Crippen LogP contribution in [0.3, 0.4) is 0 Å². The predicted octanol–water partition coefficient (Wildman–Crippen LogP) is 1.98. The number of rotatable bonds is 3. The van der Waals surface area contributed by atoms with E-state index in [0.717, 1.165) is 31.0 Å². The lowest BCUT2D eigenvalue weighted by atomic mass is 10.1. The Morgan fingerprint density at radius 1 is 1.44 bits per heavy atom. The van der Waals surface area contributed by atoms with E-state index in [1.54, 1.807) is 11.8 Å². The lowest BCUT2D eigenvalue weighted by Crippen LogP contribution is -2.52. The maximum atomic E-state index is 12.4. The van der Waals surface area contributed by atoms with Crippen molar-refractivity contribution in [1.29, 1.82) is 0 Å². The van der Waals surface area contributed by atoms with E-state index in [-0.39, 0.29) is 11.9 Å². The number of benzene rings is 1. The van der Waals surface area contributed by atoms with E-state index < -0.39 is 0 Å². The standard InChI is InChI=1S/C14H20N2OS/c1-11-9-15-7-8-16(11)14(17)13-5-3-12(4-6-13)10-18-2/h3-6,11,15H,7-10H2,1-2H3/t11-/m1/s1. The van der Waals surface area contributed by atoms with Crippen molar-refractivity contribution in [3.63, 3.8) is 0 Å². The number of carbonyl (C=O) groups is 1. The number of thioether (sulfide) groups is 1. The Bertz CT molecular complexity index is 405. The molecule has 0 saturated carbocycles.